The molecule has 0 saturated heterocycles. The predicted molar refractivity (Wildman–Crippen MR) is 69.6 cm³/mol. The average molecular weight is 215 g/mol. The van der Waals surface area contributed by atoms with Crippen LogP contribution in [0, 0.1) is 0 Å². The molecule has 14 heavy (non-hydrogen) atoms. The van der Waals surface area contributed by atoms with E-state index in [0.29, 0.717) is 0 Å². The molecule has 0 amide bonds. The van der Waals surface area contributed by atoms with Crippen LogP contribution in [0.1, 0.15) is 40.0 Å². The molecule has 0 aromatic rings. The van der Waals surface area contributed by atoms with E-state index in [1.165, 1.54) is 32.4 Å². The van der Waals surface area contributed by atoms with Crippen molar-refractivity contribution < 1.29 is 0 Å². The maximum Gasteiger partial charge on any atom is 0.0638 e. The van der Waals surface area contributed by atoms with Crippen molar-refractivity contribution in [3.63, 3.8) is 0 Å². The fourth-order valence-electron chi connectivity index (χ4n) is 2.23. The third kappa shape index (κ3) is 4.60. The molecule has 0 spiro atoms. The van der Waals surface area contributed by atoms with Gasteiger partial charge in [-0.2, -0.15) is 0 Å². The lowest BCUT2D eigenvalue weighted by Gasteiger charge is -2.38. The topological polar surface area (TPSA) is 3.24 Å². The Kier molecular flexibility index (Phi) is 6.71. The van der Waals surface area contributed by atoms with Crippen molar-refractivity contribution in [2.75, 3.05) is 13.1 Å². The summed E-state index contributed by atoms with van der Waals surface area (Å²) in [6, 6.07) is 0. The van der Waals surface area contributed by atoms with Gasteiger partial charge in [-0.1, -0.05) is 53.3 Å². The molecule has 0 fully saturated rings. The molecule has 1 unspecified atom stereocenters. The summed E-state index contributed by atoms with van der Waals surface area (Å²) in [7, 11) is -1.00. The van der Waals surface area contributed by atoms with Gasteiger partial charge >= 0.3 is 0 Å². The second kappa shape index (κ2) is 6.62. The number of hydrogen-bond donors (Lipinski definition) is 0. The Morgan fingerprint density at radius 3 is 1.79 bits per heavy atom. The van der Waals surface area contributed by atoms with Gasteiger partial charge in [-0.15, -0.1) is 0 Å². The van der Waals surface area contributed by atoms with Gasteiger partial charge in [-0.25, -0.2) is 0 Å². The molecule has 0 N–H and O–H groups in total. The maximum absolute atomic E-state index is 2.67. The van der Waals surface area contributed by atoms with Crippen molar-refractivity contribution in [3.8, 4) is 0 Å². The second-order valence-electron chi connectivity index (χ2n) is 5.25. The van der Waals surface area contributed by atoms with Crippen molar-refractivity contribution in [1.29, 1.82) is 0 Å². The summed E-state index contributed by atoms with van der Waals surface area (Å²) in [5.74, 6) is 0. The van der Waals surface area contributed by atoms with Gasteiger partial charge in [0.2, 0.25) is 0 Å². The van der Waals surface area contributed by atoms with E-state index in [4.69, 9.17) is 0 Å². The summed E-state index contributed by atoms with van der Waals surface area (Å²) >= 11 is 0. The highest BCUT2D eigenvalue weighted by Crippen LogP contribution is 2.20. The first-order valence-electron chi connectivity index (χ1n) is 6.21. The monoisotopic (exact) mass is 215 g/mol. The normalized spacial score (nSPS) is 14.8. The molecule has 0 radical (unpaired) electrons. The molecule has 0 aromatic carbocycles. The average Bonchev–Trinajstić information content (AvgIpc) is 2.10. The molecule has 0 aliphatic rings. The molecule has 0 rings (SSSR count). The minimum absolute atomic E-state index is 0.887. The van der Waals surface area contributed by atoms with E-state index in [1.54, 1.807) is 0 Å². The Balaban J connectivity index is 4.37. The highest BCUT2D eigenvalue weighted by Gasteiger charge is 2.29. The summed E-state index contributed by atoms with van der Waals surface area (Å²) in [6.07, 6.45) is 4.14. The minimum Gasteiger partial charge on any atom is -0.304 e. The lowest BCUT2D eigenvalue weighted by Crippen LogP contribution is -2.51. The molecule has 0 bridgehead atoms. The SMILES string of the molecule is CCCCC(N(CC)CC)[Si](C)(C)C. The van der Waals surface area contributed by atoms with Crippen LogP contribution in [0.15, 0.2) is 0 Å². The van der Waals surface area contributed by atoms with Crippen molar-refractivity contribution in [1.82, 2.24) is 4.90 Å². The van der Waals surface area contributed by atoms with Gasteiger partial charge in [0, 0.05) is 5.67 Å². The highest BCUT2D eigenvalue weighted by molar-refractivity contribution is 6.77. The predicted octanol–water partition coefficient (Wildman–Crippen LogP) is 3.76. The van der Waals surface area contributed by atoms with Crippen LogP contribution in [0.25, 0.3) is 0 Å². The van der Waals surface area contributed by atoms with Crippen molar-refractivity contribution in [2.24, 2.45) is 0 Å². The molecular formula is C12H29NSi. The van der Waals surface area contributed by atoms with Crippen LogP contribution in [0.3, 0.4) is 0 Å². The smallest absolute Gasteiger partial charge is 0.0638 e. The van der Waals surface area contributed by atoms with Gasteiger partial charge in [0.25, 0.3) is 0 Å². The third-order valence-corrected chi connectivity index (χ3v) is 5.74. The Hall–Kier alpha value is 0.177. The molecule has 0 heterocycles. The molecule has 0 saturated carbocycles. The summed E-state index contributed by atoms with van der Waals surface area (Å²) < 4.78 is 0. The number of rotatable bonds is 7. The van der Waals surface area contributed by atoms with Crippen LogP contribution in [-0.4, -0.2) is 31.7 Å². The van der Waals surface area contributed by atoms with Crippen LogP contribution in [0.5, 0.6) is 0 Å². The second-order valence-corrected chi connectivity index (χ2v) is 10.6. The van der Waals surface area contributed by atoms with Gasteiger partial charge in [0.1, 0.15) is 0 Å². The number of unbranched alkanes of at least 4 members (excludes halogenated alkanes) is 1. The quantitative estimate of drug-likeness (QED) is 0.585. The zero-order valence-corrected chi connectivity index (χ0v) is 12.1. The number of nitrogens with zero attached hydrogens (tertiary/aromatic N) is 1. The summed E-state index contributed by atoms with van der Waals surface area (Å²) in [6.45, 7) is 16.8. The fraction of sp³-hybridized carbons (Fsp3) is 1.00. The Morgan fingerprint density at radius 2 is 1.50 bits per heavy atom. The van der Waals surface area contributed by atoms with Gasteiger partial charge in [0.15, 0.2) is 0 Å². The first-order chi connectivity index (χ1) is 6.47. The molecule has 0 aliphatic heterocycles. The summed E-state index contributed by atoms with van der Waals surface area (Å²) in [4.78, 5) is 2.67. The van der Waals surface area contributed by atoms with E-state index >= 15 is 0 Å². The summed E-state index contributed by atoms with van der Waals surface area (Å²) in [5.41, 5.74) is 0.887. The largest absolute Gasteiger partial charge is 0.304 e. The zero-order chi connectivity index (χ0) is 11.2. The summed E-state index contributed by atoms with van der Waals surface area (Å²) in [5, 5.41) is 0. The van der Waals surface area contributed by atoms with E-state index in [2.05, 4.69) is 45.3 Å². The van der Waals surface area contributed by atoms with Crippen LogP contribution in [0.2, 0.25) is 19.6 Å². The maximum atomic E-state index is 2.67. The first-order valence-corrected chi connectivity index (χ1v) is 9.79. The number of hydrogen-bond acceptors (Lipinski definition) is 1. The van der Waals surface area contributed by atoms with Crippen LogP contribution >= 0.6 is 0 Å². The van der Waals surface area contributed by atoms with E-state index in [-0.39, 0.29) is 0 Å². The lowest BCUT2D eigenvalue weighted by molar-refractivity contribution is 0.256. The Labute approximate surface area is 91.9 Å². The van der Waals surface area contributed by atoms with E-state index < -0.39 is 8.07 Å². The fourth-order valence-corrected chi connectivity index (χ4v) is 4.76. The van der Waals surface area contributed by atoms with Crippen LogP contribution < -0.4 is 0 Å². The van der Waals surface area contributed by atoms with Crippen LogP contribution in [-0.2, 0) is 0 Å². The molecule has 86 valence electrons. The van der Waals surface area contributed by atoms with Crippen molar-refractivity contribution in [3.05, 3.63) is 0 Å². The molecule has 0 aromatic heterocycles. The molecule has 2 heteroatoms. The Morgan fingerprint density at radius 1 is 1.00 bits per heavy atom. The lowest BCUT2D eigenvalue weighted by atomic mass is 10.2. The van der Waals surface area contributed by atoms with Gasteiger partial charge in [0.05, 0.1) is 8.07 Å². The van der Waals surface area contributed by atoms with E-state index in [0.717, 1.165) is 5.67 Å². The van der Waals surface area contributed by atoms with Gasteiger partial charge in [-0.05, 0) is 19.5 Å². The van der Waals surface area contributed by atoms with Gasteiger partial charge in [-0.3, -0.25) is 0 Å². The van der Waals surface area contributed by atoms with Crippen LogP contribution in [0.4, 0.5) is 0 Å². The molecule has 1 atom stereocenters. The molecule has 0 aliphatic carbocycles. The van der Waals surface area contributed by atoms with Crippen molar-refractivity contribution in [2.45, 2.75) is 65.3 Å². The van der Waals surface area contributed by atoms with E-state index in [9.17, 15) is 0 Å². The van der Waals surface area contributed by atoms with Crippen molar-refractivity contribution >= 4 is 8.07 Å². The van der Waals surface area contributed by atoms with E-state index in [1.807, 2.05) is 0 Å². The molecular weight excluding hydrogens is 186 g/mol. The first kappa shape index (κ1) is 14.2. The Bertz CT molecular complexity index is 136. The highest BCUT2D eigenvalue weighted by atomic mass is 28.3. The molecule has 1 nitrogen and oxygen atoms in total. The standard InChI is InChI=1S/C12H29NSi/c1-7-10-11-12(14(4,5)6)13(8-2)9-3/h12H,7-11H2,1-6H3. The third-order valence-electron chi connectivity index (χ3n) is 3.08. The van der Waals surface area contributed by atoms with Gasteiger partial charge < -0.3 is 4.90 Å². The zero-order valence-electron chi connectivity index (χ0n) is 11.1. The minimum atomic E-state index is -1.00.